The smallest absolute Gasteiger partial charge is 0.303 e. The number of nitrogens with one attached hydrogen (secondary N) is 1. The standard InChI is InChI=1S/C12H12F3NO3/c13-7-5-9(14)8(10(15)6-7)3-4-16-11(17)1-2-12(18)19/h5-6H,1-4H2,(H,16,17)(H,18,19). The van der Waals surface area contributed by atoms with Gasteiger partial charge >= 0.3 is 5.97 Å². The van der Waals surface area contributed by atoms with E-state index in [4.69, 9.17) is 5.11 Å². The van der Waals surface area contributed by atoms with E-state index < -0.39 is 29.3 Å². The number of aliphatic carboxylic acids is 1. The molecule has 0 aliphatic carbocycles. The van der Waals surface area contributed by atoms with Crippen LogP contribution in [0.3, 0.4) is 0 Å². The molecule has 0 bridgehead atoms. The molecule has 0 saturated heterocycles. The Morgan fingerprint density at radius 3 is 2.21 bits per heavy atom. The van der Waals surface area contributed by atoms with Gasteiger partial charge in [-0.25, -0.2) is 13.2 Å². The average Bonchev–Trinajstić information content (AvgIpc) is 2.29. The Kier molecular flexibility index (Phi) is 5.35. The molecule has 2 N–H and O–H groups in total. The van der Waals surface area contributed by atoms with Crippen LogP contribution in [-0.2, 0) is 16.0 Å². The Morgan fingerprint density at radius 1 is 1.11 bits per heavy atom. The van der Waals surface area contributed by atoms with Crippen LogP contribution in [0.2, 0.25) is 0 Å². The van der Waals surface area contributed by atoms with Crippen LogP contribution in [0.5, 0.6) is 0 Å². The molecule has 1 aromatic carbocycles. The molecule has 0 saturated carbocycles. The number of amides is 1. The molecule has 1 aromatic rings. The van der Waals surface area contributed by atoms with Crippen molar-refractivity contribution >= 4 is 11.9 Å². The van der Waals surface area contributed by atoms with Crippen LogP contribution in [0.15, 0.2) is 12.1 Å². The van der Waals surface area contributed by atoms with E-state index >= 15 is 0 Å². The topological polar surface area (TPSA) is 66.4 Å². The predicted octanol–water partition coefficient (Wildman–Crippen LogP) is 1.63. The summed E-state index contributed by atoms with van der Waals surface area (Å²) in [5.41, 5.74) is -0.320. The zero-order valence-electron chi connectivity index (χ0n) is 9.88. The van der Waals surface area contributed by atoms with Gasteiger partial charge in [-0.2, -0.15) is 0 Å². The van der Waals surface area contributed by atoms with Gasteiger partial charge in [-0.3, -0.25) is 9.59 Å². The van der Waals surface area contributed by atoms with E-state index in [-0.39, 0.29) is 31.4 Å². The van der Waals surface area contributed by atoms with E-state index in [1.165, 1.54) is 0 Å². The quantitative estimate of drug-likeness (QED) is 0.829. The van der Waals surface area contributed by atoms with Crippen molar-refractivity contribution < 1.29 is 27.9 Å². The summed E-state index contributed by atoms with van der Waals surface area (Å²) in [6, 6.07) is 1.12. The summed E-state index contributed by atoms with van der Waals surface area (Å²) in [5, 5.41) is 10.7. The Morgan fingerprint density at radius 2 is 1.68 bits per heavy atom. The first-order chi connectivity index (χ1) is 8.90. The molecule has 19 heavy (non-hydrogen) atoms. The van der Waals surface area contributed by atoms with Crippen molar-refractivity contribution in [2.24, 2.45) is 0 Å². The van der Waals surface area contributed by atoms with E-state index in [0.717, 1.165) is 0 Å². The third kappa shape index (κ3) is 4.99. The van der Waals surface area contributed by atoms with E-state index in [1.807, 2.05) is 0 Å². The maximum absolute atomic E-state index is 13.2. The molecule has 0 unspecified atom stereocenters. The fraction of sp³-hybridized carbons (Fsp3) is 0.333. The van der Waals surface area contributed by atoms with Crippen molar-refractivity contribution in [3.05, 3.63) is 35.1 Å². The van der Waals surface area contributed by atoms with Gasteiger partial charge in [0.05, 0.1) is 6.42 Å². The van der Waals surface area contributed by atoms with Crippen LogP contribution in [0.4, 0.5) is 13.2 Å². The number of carboxylic acids is 1. The molecule has 0 heterocycles. The van der Waals surface area contributed by atoms with Crippen LogP contribution < -0.4 is 5.32 Å². The van der Waals surface area contributed by atoms with E-state index in [1.54, 1.807) is 0 Å². The van der Waals surface area contributed by atoms with Gasteiger partial charge in [-0.1, -0.05) is 0 Å². The normalized spacial score (nSPS) is 10.3. The highest BCUT2D eigenvalue weighted by Gasteiger charge is 2.12. The van der Waals surface area contributed by atoms with Crippen molar-refractivity contribution in [3.63, 3.8) is 0 Å². The number of benzene rings is 1. The third-order valence-corrected chi connectivity index (χ3v) is 2.37. The second-order valence-corrected chi connectivity index (χ2v) is 3.84. The zero-order valence-corrected chi connectivity index (χ0v) is 9.88. The zero-order chi connectivity index (χ0) is 14.4. The van der Waals surface area contributed by atoms with Crippen LogP contribution in [-0.4, -0.2) is 23.5 Å². The number of carboxylic acid groups (broad SMARTS) is 1. The summed E-state index contributed by atoms with van der Waals surface area (Å²) < 4.78 is 39.1. The molecular weight excluding hydrogens is 263 g/mol. The highest BCUT2D eigenvalue weighted by Crippen LogP contribution is 2.14. The molecule has 1 rings (SSSR count). The fourth-order valence-electron chi connectivity index (χ4n) is 1.45. The first-order valence-electron chi connectivity index (χ1n) is 5.52. The van der Waals surface area contributed by atoms with Gasteiger partial charge in [-0.15, -0.1) is 0 Å². The van der Waals surface area contributed by atoms with Crippen molar-refractivity contribution in [3.8, 4) is 0 Å². The van der Waals surface area contributed by atoms with E-state index in [2.05, 4.69) is 5.32 Å². The molecule has 7 heteroatoms. The maximum Gasteiger partial charge on any atom is 0.303 e. The second-order valence-electron chi connectivity index (χ2n) is 3.84. The van der Waals surface area contributed by atoms with Crippen molar-refractivity contribution in [1.82, 2.24) is 5.32 Å². The lowest BCUT2D eigenvalue weighted by molar-refractivity contribution is -0.138. The molecule has 0 aromatic heterocycles. The number of halogens is 3. The van der Waals surface area contributed by atoms with Gasteiger partial charge in [0.2, 0.25) is 5.91 Å². The lowest BCUT2D eigenvalue weighted by Gasteiger charge is -2.07. The van der Waals surface area contributed by atoms with Crippen molar-refractivity contribution in [2.45, 2.75) is 19.3 Å². The van der Waals surface area contributed by atoms with E-state index in [0.29, 0.717) is 12.1 Å². The molecule has 0 radical (unpaired) electrons. The first kappa shape index (κ1) is 15.0. The maximum atomic E-state index is 13.2. The molecule has 104 valence electrons. The summed E-state index contributed by atoms with van der Waals surface area (Å²) in [5.74, 6) is -4.67. The Bertz CT molecular complexity index is 468. The summed E-state index contributed by atoms with van der Waals surface area (Å²) in [4.78, 5) is 21.3. The third-order valence-electron chi connectivity index (χ3n) is 2.37. The minimum Gasteiger partial charge on any atom is -0.481 e. The lowest BCUT2D eigenvalue weighted by Crippen LogP contribution is -2.26. The van der Waals surface area contributed by atoms with Gasteiger partial charge in [0.25, 0.3) is 0 Å². The highest BCUT2D eigenvalue weighted by atomic mass is 19.1. The first-order valence-corrected chi connectivity index (χ1v) is 5.52. The SMILES string of the molecule is O=C(O)CCC(=O)NCCc1c(F)cc(F)cc1F. The predicted molar refractivity (Wildman–Crippen MR) is 59.9 cm³/mol. The van der Waals surface area contributed by atoms with Crippen molar-refractivity contribution in [2.75, 3.05) is 6.54 Å². The molecule has 4 nitrogen and oxygen atoms in total. The largest absolute Gasteiger partial charge is 0.481 e. The van der Waals surface area contributed by atoms with Crippen LogP contribution >= 0.6 is 0 Å². The molecule has 0 aliphatic rings. The van der Waals surface area contributed by atoms with Crippen LogP contribution in [0.25, 0.3) is 0 Å². The number of hydrogen-bond donors (Lipinski definition) is 2. The number of carbonyl (C=O) groups is 2. The molecule has 1 amide bonds. The van der Waals surface area contributed by atoms with Gasteiger partial charge in [0.1, 0.15) is 17.5 Å². The minimum absolute atomic E-state index is 0.0576. The number of hydrogen-bond acceptors (Lipinski definition) is 2. The summed E-state index contributed by atoms with van der Waals surface area (Å²) in [6.07, 6.45) is -0.661. The van der Waals surface area contributed by atoms with Crippen LogP contribution in [0, 0.1) is 17.5 Å². The molecule has 0 spiro atoms. The molecule has 0 atom stereocenters. The molecule has 0 aliphatic heterocycles. The Balaban J connectivity index is 2.45. The average molecular weight is 275 g/mol. The minimum atomic E-state index is -1.11. The lowest BCUT2D eigenvalue weighted by atomic mass is 10.1. The van der Waals surface area contributed by atoms with Crippen LogP contribution in [0.1, 0.15) is 18.4 Å². The number of carbonyl (C=O) groups excluding carboxylic acids is 1. The monoisotopic (exact) mass is 275 g/mol. The fourth-order valence-corrected chi connectivity index (χ4v) is 1.45. The van der Waals surface area contributed by atoms with Crippen molar-refractivity contribution in [1.29, 1.82) is 0 Å². The summed E-state index contributed by atoms with van der Waals surface area (Å²) >= 11 is 0. The van der Waals surface area contributed by atoms with Gasteiger partial charge in [0, 0.05) is 30.7 Å². The molecular formula is C12H12F3NO3. The van der Waals surface area contributed by atoms with Gasteiger partial charge < -0.3 is 10.4 Å². The molecule has 0 fully saturated rings. The Labute approximate surface area is 107 Å². The Hall–Kier alpha value is -2.05. The van der Waals surface area contributed by atoms with Gasteiger partial charge in [-0.05, 0) is 6.42 Å². The van der Waals surface area contributed by atoms with Gasteiger partial charge in [0.15, 0.2) is 0 Å². The summed E-state index contributed by atoms with van der Waals surface area (Å²) in [6.45, 7) is -0.0576. The van der Waals surface area contributed by atoms with E-state index in [9.17, 15) is 22.8 Å². The highest BCUT2D eigenvalue weighted by molar-refractivity contribution is 5.80. The summed E-state index contributed by atoms with van der Waals surface area (Å²) in [7, 11) is 0. The second kappa shape index (κ2) is 6.77. The number of rotatable bonds is 6.